The molecule has 6 nitrogen and oxygen atoms in total. The largest absolute Gasteiger partial charge is 0.497 e. The molecule has 0 unspecified atom stereocenters. The molecule has 142 valence electrons. The van der Waals surface area contributed by atoms with Gasteiger partial charge in [-0.1, -0.05) is 12.1 Å². The van der Waals surface area contributed by atoms with Gasteiger partial charge in [0, 0.05) is 18.2 Å². The highest BCUT2D eigenvalue weighted by Crippen LogP contribution is 2.33. The lowest BCUT2D eigenvalue weighted by Crippen LogP contribution is -2.05. The second kappa shape index (κ2) is 7.56. The number of nitrogens with zero attached hydrogens (tertiary/aromatic N) is 3. The Bertz CT molecular complexity index is 1110. The number of halogens is 1. The molecule has 0 bridgehead atoms. The van der Waals surface area contributed by atoms with Crippen LogP contribution in [-0.2, 0) is 6.54 Å². The van der Waals surface area contributed by atoms with Crippen LogP contribution in [0.5, 0.6) is 11.5 Å². The minimum Gasteiger partial charge on any atom is -0.497 e. The van der Waals surface area contributed by atoms with Crippen molar-refractivity contribution in [2.45, 2.75) is 6.54 Å². The molecule has 0 atom stereocenters. The number of hydrogen-bond donors (Lipinski definition) is 1. The first-order valence-corrected chi connectivity index (χ1v) is 8.73. The average Bonchev–Trinajstić information content (AvgIpc) is 3.16. The molecule has 0 saturated carbocycles. The fourth-order valence-corrected chi connectivity index (χ4v) is 2.96. The van der Waals surface area contributed by atoms with Crippen LogP contribution in [0.25, 0.3) is 16.9 Å². The normalized spacial score (nSPS) is 10.8. The van der Waals surface area contributed by atoms with Crippen molar-refractivity contribution >= 4 is 11.5 Å². The van der Waals surface area contributed by atoms with Gasteiger partial charge >= 0.3 is 0 Å². The second-order valence-corrected chi connectivity index (χ2v) is 6.18. The number of benzene rings is 2. The van der Waals surface area contributed by atoms with E-state index in [4.69, 9.17) is 9.47 Å². The average molecular weight is 378 g/mol. The predicted octanol–water partition coefficient (Wildman–Crippen LogP) is 4.16. The molecule has 0 spiro atoms. The minimum absolute atomic E-state index is 0.250. The zero-order valence-electron chi connectivity index (χ0n) is 15.5. The monoisotopic (exact) mass is 378 g/mol. The number of nitrogens with one attached hydrogen (secondary N) is 1. The number of fused-ring (bicyclic) bond motifs is 1. The Labute approximate surface area is 161 Å². The van der Waals surface area contributed by atoms with Crippen LogP contribution in [0.4, 0.5) is 10.2 Å². The first-order valence-electron chi connectivity index (χ1n) is 8.73. The molecule has 0 saturated heterocycles. The van der Waals surface area contributed by atoms with E-state index in [1.165, 1.54) is 12.1 Å². The van der Waals surface area contributed by atoms with E-state index in [9.17, 15) is 4.39 Å². The summed E-state index contributed by atoms with van der Waals surface area (Å²) in [6, 6.07) is 15.7. The summed E-state index contributed by atoms with van der Waals surface area (Å²) in [6.45, 7) is 0.536. The van der Waals surface area contributed by atoms with Crippen LogP contribution in [0.2, 0.25) is 0 Å². The van der Waals surface area contributed by atoms with Crippen molar-refractivity contribution in [3.05, 3.63) is 72.2 Å². The predicted molar refractivity (Wildman–Crippen MR) is 105 cm³/mol. The second-order valence-electron chi connectivity index (χ2n) is 6.18. The first kappa shape index (κ1) is 17.8. The fourth-order valence-electron chi connectivity index (χ4n) is 2.96. The number of rotatable bonds is 6. The lowest BCUT2D eigenvalue weighted by molar-refractivity contribution is 0.395. The van der Waals surface area contributed by atoms with Crippen LogP contribution in [-0.4, -0.2) is 28.8 Å². The molecule has 4 rings (SSSR count). The Morgan fingerprint density at radius 1 is 1.00 bits per heavy atom. The number of aromatic nitrogens is 3. The number of ether oxygens (including phenoxy) is 2. The van der Waals surface area contributed by atoms with E-state index in [1.54, 1.807) is 37.1 Å². The number of hydrogen-bond acceptors (Lipinski definition) is 5. The molecule has 0 aliphatic heterocycles. The van der Waals surface area contributed by atoms with Gasteiger partial charge in [0.15, 0.2) is 5.65 Å². The maximum Gasteiger partial charge on any atom is 0.154 e. The summed E-state index contributed by atoms with van der Waals surface area (Å²) in [5, 5.41) is 7.90. The van der Waals surface area contributed by atoms with Gasteiger partial charge < -0.3 is 14.8 Å². The van der Waals surface area contributed by atoms with Crippen LogP contribution in [0, 0.1) is 5.82 Å². The maximum atomic E-state index is 13.0. The molecule has 0 amide bonds. The van der Waals surface area contributed by atoms with Crippen LogP contribution in [0.1, 0.15) is 5.56 Å². The van der Waals surface area contributed by atoms with Gasteiger partial charge in [-0.3, -0.25) is 0 Å². The summed E-state index contributed by atoms with van der Waals surface area (Å²) in [5.74, 6) is 1.82. The van der Waals surface area contributed by atoms with Gasteiger partial charge in [0.05, 0.1) is 26.1 Å². The molecular weight excluding hydrogens is 359 g/mol. The molecule has 2 aromatic carbocycles. The molecule has 0 fully saturated rings. The summed E-state index contributed by atoms with van der Waals surface area (Å²) in [5.41, 5.74) is 3.35. The summed E-state index contributed by atoms with van der Waals surface area (Å²) in [4.78, 5) is 4.43. The quantitative estimate of drug-likeness (QED) is 0.546. The highest BCUT2D eigenvalue weighted by atomic mass is 19.1. The molecule has 2 heterocycles. The van der Waals surface area contributed by atoms with Crippen LogP contribution in [0.15, 0.2) is 60.8 Å². The number of anilines is 1. The number of methoxy groups -OCH3 is 2. The van der Waals surface area contributed by atoms with Crippen LogP contribution < -0.4 is 14.8 Å². The standard InChI is InChI=1S/C21H19FN4O2/c1-27-16-7-8-17(19(11-16)28-2)18-13-24-21-10-9-20(25-26(18)21)23-12-14-3-5-15(22)6-4-14/h3-11,13H,12H2,1-2H3,(H,23,25). The van der Waals surface area contributed by atoms with E-state index < -0.39 is 0 Å². The van der Waals surface area contributed by atoms with Crippen molar-refractivity contribution in [2.24, 2.45) is 0 Å². The van der Waals surface area contributed by atoms with Crippen molar-refractivity contribution in [3.8, 4) is 22.8 Å². The van der Waals surface area contributed by atoms with Crippen LogP contribution in [0.3, 0.4) is 0 Å². The van der Waals surface area contributed by atoms with Gasteiger partial charge in [-0.2, -0.15) is 0 Å². The van der Waals surface area contributed by atoms with Crippen molar-refractivity contribution in [3.63, 3.8) is 0 Å². The molecule has 4 aromatic rings. The smallest absolute Gasteiger partial charge is 0.154 e. The highest BCUT2D eigenvalue weighted by Gasteiger charge is 2.13. The first-order chi connectivity index (χ1) is 13.7. The van der Waals surface area contributed by atoms with Gasteiger partial charge in [-0.05, 0) is 42.0 Å². The third kappa shape index (κ3) is 3.46. The fraction of sp³-hybridized carbons (Fsp3) is 0.143. The van der Waals surface area contributed by atoms with Gasteiger partial charge in [-0.15, -0.1) is 5.10 Å². The molecular formula is C21H19FN4O2. The van der Waals surface area contributed by atoms with E-state index in [0.717, 1.165) is 22.5 Å². The van der Waals surface area contributed by atoms with E-state index >= 15 is 0 Å². The SMILES string of the molecule is COc1ccc(-c2cnc3ccc(NCc4ccc(F)cc4)nn23)c(OC)c1. The summed E-state index contributed by atoms with van der Waals surface area (Å²) in [7, 11) is 3.23. The summed E-state index contributed by atoms with van der Waals surface area (Å²) in [6.07, 6.45) is 1.76. The Kier molecular flexibility index (Phi) is 4.80. The van der Waals surface area contributed by atoms with Gasteiger partial charge in [0.2, 0.25) is 0 Å². The highest BCUT2D eigenvalue weighted by molar-refractivity contribution is 5.71. The molecule has 0 aliphatic carbocycles. The van der Waals surface area contributed by atoms with Crippen LogP contribution >= 0.6 is 0 Å². The van der Waals surface area contributed by atoms with Gasteiger partial charge in [0.25, 0.3) is 0 Å². The third-order valence-corrected chi connectivity index (χ3v) is 4.43. The van der Waals surface area contributed by atoms with E-state index in [1.807, 2.05) is 30.3 Å². The zero-order valence-corrected chi connectivity index (χ0v) is 15.5. The minimum atomic E-state index is -0.250. The summed E-state index contributed by atoms with van der Waals surface area (Å²) >= 11 is 0. The van der Waals surface area contributed by atoms with Crippen molar-refractivity contribution < 1.29 is 13.9 Å². The Balaban J connectivity index is 1.66. The molecule has 0 radical (unpaired) electrons. The lowest BCUT2D eigenvalue weighted by atomic mass is 10.1. The Hall–Kier alpha value is -3.61. The maximum absolute atomic E-state index is 13.0. The van der Waals surface area contributed by atoms with E-state index in [-0.39, 0.29) is 5.82 Å². The van der Waals surface area contributed by atoms with Crippen molar-refractivity contribution in [2.75, 3.05) is 19.5 Å². The van der Waals surface area contributed by atoms with Gasteiger partial charge in [-0.25, -0.2) is 13.9 Å². The Morgan fingerprint density at radius 3 is 2.57 bits per heavy atom. The molecule has 2 aromatic heterocycles. The zero-order chi connectivity index (χ0) is 19.5. The van der Waals surface area contributed by atoms with Crippen molar-refractivity contribution in [1.29, 1.82) is 0 Å². The van der Waals surface area contributed by atoms with E-state index in [0.29, 0.717) is 23.9 Å². The third-order valence-electron chi connectivity index (χ3n) is 4.43. The lowest BCUT2D eigenvalue weighted by Gasteiger charge is -2.11. The Morgan fingerprint density at radius 2 is 1.82 bits per heavy atom. The van der Waals surface area contributed by atoms with Crippen molar-refractivity contribution in [1.82, 2.24) is 14.6 Å². The molecule has 7 heteroatoms. The molecule has 1 N–H and O–H groups in total. The summed E-state index contributed by atoms with van der Waals surface area (Å²) < 4.78 is 25.6. The van der Waals surface area contributed by atoms with Gasteiger partial charge in [0.1, 0.15) is 23.1 Å². The topological polar surface area (TPSA) is 60.7 Å². The molecule has 0 aliphatic rings. The van der Waals surface area contributed by atoms with E-state index in [2.05, 4.69) is 15.4 Å². The number of imidazole rings is 1. The molecule has 28 heavy (non-hydrogen) atoms.